The molecule has 18 heavy (non-hydrogen) atoms. The fourth-order valence-electron chi connectivity index (χ4n) is 2.73. The van der Waals surface area contributed by atoms with E-state index in [0.29, 0.717) is 0 Å². The Kier molecular flexibility index (Phi) is 5.08. The molecule has 0 rings (SSSR count). The highest BCUT2D eigenvalue weighted by Gasteiger charge is 2.49. The van der Waals surface area contributed by atoms with Crippen LogP contribution < -0.4 is 0 Å². The first-order chi connectivity index (χ1) is 7.84. The van der Waals surface area contributed by atoms with Crippen molar-refractivity contribution in [2.24, 2.45) is 16.2 Å². The van der Waals surface area contributed by atoms with Crippen LogP contribution >= 0.6 is 0 Å². The third kappa shape index (κ3) is 2.58. The van der Waals surface area contributed by atoms with Crippen LogP contribution in [0.2, 0.25) is 0 Å². The zero-order valence-electron chi connectivity index (χ0n) is 14.6. The highest BCUT2D eigenvalue weighted by Crippen LogP contribution is 2.57. The lowest BCUT2D eigenvalue weighted by Crippen LogP contribution is -2.46. The van der Waals surface area contributed by atoms with Gasteiger partial charge in [0.2, 0.25) is 0 Å². The van der Waals surface area contributed by atoms with Crippen LogP contribution in [0.15, 0.2) is 22.8 Å². The Bertz CT molecular complexity index is 355. The maximum atomic E-state index is 2.41. The van der Waals surface area contributed by atoms with Crippen molar-refractivity contribution in [2.45, 2.75) is 76.2 Å². The number of hydrogen-bond donors (Lipinski definition) is 0. The quantitative estimate of drug-likeness (QED) is 0.507. The van der Waals surface area contributed by atoms with Crippen LogP contribution in [0.3, 0.4) is 0 Å². The van der Waals surface area contributed by atoms with Crippen molar-refractivity contribution in [2.75, 3.05) is 0 Å². The lowest BCUT2D eigenvalue weighted by Gasteiger charge is -2.54. The Morgan fingerprint density at radius 3 is 1.39 bits per heavy atom. The molecule has 0 amide bonds. The summed E-state index contributed by atoms with van der Waals surface area (Å²) in [5, 5.41) is 0. The summed E-state index contributed by atoms with van der Waals surface area (Å²) >= 11 is 0. The topological polar surface area (TPSA) is 0 Å². The smallest absolute Gasteiger partial charge is 0.00857 e. The molecule has 0 atom stereocenters. The predicted octanol–water partition coefficient (Wildman–Crippen LogP) is 6.39. The zero-order chi connectivity index (χ0) is 14.9. The van der Waals surface area contributed by atoms with E-state index in [4.69, 9.17) is 0 Å². The summed E-state index contributed by atoms with van der Waals surface area (Å²) in [6.07, 6.45) is 2.26. The van der Waals surface area contributed by atoms with Crippen molar-refractivity contribution >= 4 is 0 Å². The molecule has 0 aromatic carbocycles. The molecule has 0 N–H and O–H groups in total. The summed E-state index contributed by atoms with van der Waals surface area (Å²) in [6.45, 7) is 25.5. The van der Waals surface area contributed by atoms with E-state index >= 15 is 0 Å². The Balaban J connectivity index is 5.87. The van der Waals surface area contributed by atoms with Gasteiger partial charge in [0.05, 0.1) is 0 Å². The highest BCUT2D eigenvalue weighted by atomic mass is 14.5. The van der Waals surface area contributed by atoms with E-state index in [-0.39, 0.29) is 16.2 Å². The van der Waals surface area contributed by atoms with Crippen LogP contribution in [-0.2, 0) is 0 Å². The molecule has 0 nitrogen and oxygen atoms in total. The van der Waals surface area contributed by atoms with E-state index in [9.17, 15) is 0 Å². The summed E-state index contributed by atoms with van der Waals surface area (Å²) in [5.41, 5.74) is 4.99. The minimum atomic E-state index is 0.180. The van der Waals surface area contributed by atoms with Gasteiger partial charge in [-0.1, -0.05) is 64.3 Å². The second-order valence-corrected chi connectivity index (χ2v) is 7.47. The van der Waals surface area contributed by atoms with Crippen LogP contribution in [0.1, 0.15) is 76.2 Å². The second-order valence-electron chi connectivity index (χ2n) is 7.47. The molecule has 0 aliphatic rings. The average Bonchev–Trinajstić information content (AvgIpc) is 2.25. The molecule has 0 bridgehead atoms. The van der Waals surface area contributed by atoms with Gasteiger partial charge in [-0.05, 0) is 50.9 Å². The molecular weight excluding hydrogens is 216 g/mol. The Morgan fingerprint density at radius 1 is 0.722 bits per heavy atom. The first kappa shape index (κ1) is 17.5. The van der Waals surface area contributed by atoms with Gasteiger partial charge in [-0.25, -0.2) is 0 Å². The monoisotopic (exact) mass is 250 g/mol. The molecule has 0 aromatic heterocycles. The molecular formula is C18H34. The van der Waals surface area contributed by atoms with Crippen LogP contribution in [0.4, 0.5) is 0 Å². The SMILES string of the molecule is CC=C(C)C(C)(C)C(C)(C)C(C)(C)C(C)=C(C)C. The molecule has 0 heterocycles. The molecule has 0 unspecified atom stereocenters. The van der Waals surface area contributed by atoms with Gasteiger partial charge in [-0.3, -0.25) is 0 Å². The van der Waals surface area contributed by atoms with Gasteiger partial charge in [0.25, 0.3) is 0 Å². The van der Waals surface area contributed by atoms with Gasteiger partial charge < -0.3 is 0 Å². The number of allylic oxidation sites excluding steroid dienone is 4. The molecule has 0 aliphatic heterocycles. The van der Waals surface area contributed by atoms with Gasteiger partial charge in [0.15, 0.2) is 0 Å². The maximum absolute atomic E-state index is 2.41. The van der Waals surface area contributed by atoms with Gasteiger partial charge >= 0.3 is 0 Å². The first-order valence-corrected chi connectivity index (χ1v) is 7.12. The summed E-state index contributed by atoms with van der Waals surface area (Å²) in [7, 11) is 0. The van der Waals surface area contributed by atoms with Crippen LogP contribution in [0, 0.1) is 16.2 Å². The van der Waals surface area contributed by atoms with Gasteiger partial charge in [-0.2, -0.15) is 0 Å². The molecule has 0 aliphatic carbocycles. The molecule has 0 aromatic rings. The highest BCUT2D eigenvalue weighted by molar-refractivity contribution is 5.24. The van der Waals surface area contributed by atoms with E-state index in [1.165, 1.54) is 16.7 Å². The standard InChI is InChI=1S/C18H34/c1-12-14(4)16(6,7)18(10,11)17(8,9)15(5)13(2)3/h12H,1-11H3. The molecule has 0 fully saturated rings. The van der Waals surface area contributed by atoms with Gasteiger partial charge in [0.1, 0.15) is 0 Å². The molecule has 106 valence electrons. The molecule has 0 radical (unpaired) electrons. The zero-order valence-corrected chi connectivity index (χ0v) is 14.6. The Morgan fingerprint density at radius 2 is 1.11 bits per heavy atom. The normalized spacial score (nSPS) is 14.7. The summed E-state index contributed by atoms with van der Waals surface area (Å²) in [4.78, 5) is 0. The third-order valence-electron chi connectivity index (χ3n) is 6.23. The molecule has 0 saturated carbocycles. The average molecular weight is 250 g/mol. The van der Waals surface area contributed by atoms with Crippen molar-refractivity contribution < 1.29 is 0 Å². The molecule has 0 spiro atoms. The van der Waals surface area contributed by atoms with Crippen molar-refractivity contribution in [1.29, 1.82) is 0 Å². The van der Waals surface area contributed by atoms with E-state index in [1.54, 1.807) is 0 Å². The fourth-order valence-corrected chi connectivity index (χ4v) is 2.73. The Labute approximate surface area is 116 Å². The lowest BCUT2D eigenvalue weighted by molar-refractivity contribution is 0.0297. The maximum Gasteiger partial charge on any atom is -0.00857 e. The molecule has 0 heteroatoms. The van der Waals surface area contributed by atoms with E-state index in [1.807, 2.05) is 0 Å². The Hall–Kier alpha value is -0.520. The first-order valence-electron chi connectivity index (χ1n) is 7.12. The van der Waals surface area contributed by atoms with Crippen molar-refractivity contribution in [3.63, 3.8) is 0 Å². The summed E-state index contributed by atoms with van der Waals surface area (Å²) < 4.78 is 0. The van der Waals surface area contributed by atoms with Crippen LogP contribution in [-0.4, -0.2) is 0 Å². The summed E-state index contributed by atoms with van der Waals surface area (Å²) in [5.74, 6) is 0. The largest absolute Gasteiger partial charge is 0.0882 e. The molecule has 0 saturated heterocycles. The minimum absolute atomic E-state index is 0.180. The van der Waals surface area contributed by atoms with E-state index < -0.39 is 0 Å². The fraction of sp³-hybridized carbons (Fsp3) is 0.778. The van der Waals surface area contributed by atoms with Crippen molar-refractivity contribution in [3.8, 4) is 0 Å². The van der Waals surface area contributed by atoms with Gasteiger partial charge in [0, 0.05) is 0 Å². The minimum Gasteiger partial charge on any atom is -0.0882 e. The predicted molar refractivity (Wildman–Crippen MR) is 84.8 cm³/mol. The van der Waals surface area contributed by atoms with Crippen LogP contribution in [0.25, 0.3) is 0 Å². The number of hydrogen-bond acceptors (Lipinski definition) is 0. The van der Waals surface area contributed by atoms with Crippen molar-refractivity contribution in [1.82, 2.24) is 0 Å². The van der Waals surface area contributed by atoms with E-state index in [0.717, 1.165) is 0 Å². The number of rotatable bonds is 4. The van der Waals surface area contributed by atoms with Crippen molar-refractivity contribution in [3.05, 3.63) is 22.8 Å². The van der Waals surface area contributed by atoms with E-state index in [2.05, 4.69) is 82.2 Å². The second kappa shape index (κ2) is 5.23. The van der Waals surface area contributed by atoms with Crippen LogP contribution in [0.5, 0.6) is 0 Å². The lowest BCUT2D eigenvalue weighted by atomic mass is 9.50. The third-order valence-corrected chi connectivity index (χ3v) is 6.23. The summed E-state index contributed by atoms with van der Waals surface area (Å²) in [6, 6.07) is 0. The van der Waals surface area contributed by atoms with Gasteiger partial charge in [-0.15, -0.1) is 0 Å².